The van der Waals surface area contributed by atoms with E-state index in [1.165, 1.54) is 0 Å². The van der Waals surface area contributed by atoms with Crippen LogP contribution in [0.4, 0.5) is 0 Å². The van der Waals surface area contributed by atoms with Crippen LogP contribution in [0.1, 0.15) is 29.8 Å². The van der Waals surface area contributed by atoms with Gasteiger partial charge in [-0.25, -0.2) is 0 Å². The van der Waals surface area contributed by atoms with Crippen LogP contribution in [0.2, 0.25) is 10.0 Å². The van der Waals surface area contributed by atoms with E-state index in [9.17, 15) is 4.79 Å². The lowest BCUT2D eigenvalue weighted by Gasteiger charge is -2.30. The van der Waals surface area contributed by atoms with Crippen molar-refractivity contribution in [3.8, 4) is 11.8 Å². The van der Waals surface area contributed by atoms with Gasteiger partial charge in [0.15, 0.2) is 12.9 Å². The lowest BCUT2D eigenvalue weighted by molar-refractivity contribution is -0.163. The number of fused-ring (bicyclic) bond motifs is 3. The molecule has 1 fully saturated rings. The molecule has 1 unspecified atom stereocenters. The van der Waals surface area contributed by atoms with E-state index < -0.39 is 0 Å². The summed E-state index contributed by atoms with van der Waals surface area (Å²) in [6, 6.07) is 5.27. The van der Waals surface area contributed by atoms with Crippen LogP contribution in [0.5, 0.6) is 5.75 Å². The van der Waals surface area contributed by atoms with Crippen LogP contribution in [-0.4, -0.2) is 54.6 Å². The fourth-order valence-corrected chi connectivity index (χ4v) is 4.26. The van der Waals surface area contributed by atoms with Crippen LogP contribution in [0.25, 0.3) is 10.9 Å². The molecule has 7 nitrogen and oxygen atoms in total. The Hall–Kier alpha value is -1.98. The number of aromatic nitrogens is 1. The minimum absolute atomic E-state index is 0.0981. The van der Waals surface area contributed by atoms with E-state index in [1.54, 1.807) is 17.0 Å². The van der Waals surface area contributed by atoms with Crippen molar-refractivity contribution in [3.63, 3.8) is 0 Å². The molecule has 1 aromatic heterocycles. The van der Waals surface area contributed by atoms with Crippen molar-refractivity contribution in [3.05, 3.63) is 27.9 Å². The fraction of sp³-hybridized carbons (Fsp3) is 0.500. The molecule has 2 aromatic rings. The minimum Gasteiger partial charge on any atom is -0.478 e. The number of amides is 1. The van der Waals surface area contributed by atoms with Crippen molar-refractivity contribution in [1.29, 1.82) is 5.26 Å². The normalized spacial score (nSPS) is 19.3. The summed E-state index contributed by atoms with van der Waals surface area (Å²) in [5.74, 6) is 0.342. The van der Waals surface area contributed by atoms with Gasteiger partial charge in [-0.3, -0.25) is 4.79 Å². The second-order valence-electron chi connectivity index (χ2n) is 7.02. The molecule has 0 saturated carbocycles. The van der Waals surface area contributed by atoms with Crippen molar-refractivity contribution >= 4 is 40.0 Å². The van der Waals surface area contributed by atoms with Crippen LogP contribution < -0.4 is 4.74 Å². The molecule has 3 heterocycles. The van der Waals surface area contributed by atoms with E-state index in [4.69, 9.17) is 42.7 Å². The molecule has 29 heavy (non-hydrogen) atoms. The fourth-order valence-electron chi connectivity index (χ4n) is 3.82. The first kappa shape index (κ1) is 20.3. The number of rotatable bonds is 6. The first-order valence-corrected chi connectivity index (χ1v) is 10.4. The minimum atomic E-state index is -0.170. The maximum atomic E-state index is 13.0. The van der Waals surface area contributed by atoms with Gasteiger partial charge in [-0.1, -0.05) is 23.2 Å². The van der Waals surface area contributed by atoms with Crippen LogP contribution in [-0.2, 0) is 16.0 Å². The number of hydrogen-bond donors (Lipinski definition) is 0. The van der Waals surface area contributed by atoms with Crippen LogP contribution in [0, 0.1) is 11.3 Å². The number of halogens is 2. The average Bonchev–Trinajstić information content (AvgIpc) is 3.13. The third-order valence-corrected chi connectivity index (χ3v) is 6.01. The SMILES string of the molecule is N#CCOc1cc(Cl)c(Cl)c2c1cc1n2CCN(CCOC2CCCCO2)C1=O. The van der Waals surface area contributed by atoms with Crippen LogP contribution in [0.15, 0.2) is 12.1 Å². The average molecular weight is 438 g/mol. The van der Waals surface area contributed by atoms with E-state index in [-0.39, 0.29) is 18.8 Å². The Balaban J connectivity index is 1.54. The number of benzene rings is 1. The standard InChI is InChI=1S/C20H21Cl2N3O4/c21-14-12-16(27-9-4-23)13-11-15-20(26)24(5-6-25(15)19(13)18(14)22)7-10-29-17-3-1-2-8-28-17/h11-12,17H,1-3,5-10H2. The van der Waals surface area contributed by atoms with Crippen molar-refractivity contribution in [2.45, 2.75) is 32.1 Å². The monoisotopic (exact) mass is 437 g/mol. The summed E-state index contributed by atoms with van der Waals surface area (Å²) in [5.41, 5.74) is 1.17. The summed E-state index contributed by atoms with van der Waals surface area (Å²) in [6.45, 7) is 2.66. The smallest absolute Gasteiger partial charge is 0.270 e. The maximum Gasteiger partial charge on any atom is 0.270 e. The third kappa shape index (κ3) is 4.03. The molecular weight excluding hydrogens is 417 g/mol. The summed E-state index contributed by atoms with van der Waals surface area (Å²) in [4.78, 5) is 14.8. The van der Waals surface area contributed by atoms with Gasteiger partial charge < -0.3 is 23.7 Å². The zero-order valence-corrected chi connectivity index (χ0v) is 17.3. The van der Waals surface area contributed by atoms with Gasteiger partial charge in [0.2, 0.25) is 0 Å². The number of nitriles is 1. The molecule has 1 saturated heterocycles. The van der Waals surface area contributed by atoms with Crippen molar-refractivity contribution in [2.75, 3.05) is 32.9 Å². The zero-order chi connectivity index (χ0) is 20.4. The maximum absolute atomic E-state index is 13.0. The number of carbonyl (C=O) groups is 1. The summed E-state index contributed by atoms with van der Waals surface area (Å²) in [7, 11) is 0. The Kier molecular flexibility index (Phi) is 6.16. The first-order chi connectivity index (χ1) is 14.1. The van der Waals surface area contributed by atoms with Crippen LogP contribution >= 0.6 is 23.2 Å². The largest absolute Gasteiger partial charge is 0.478 e. The number of carbonyl (C=O) groups excluding carboxylic acids is 1. The van der Waals surface area contributed by atoms with Crippen LogP contribution in [0.3, 0.4) is 0 Å². The van der Waals surface area contributed by atoms with Crippen molar-refractivity contribution in [2.24, 2.45) is 0 Å². The molecule has 0 bridgehead atoms. The highest BCUT2D eigenvalue weighted by Crippen LogP contribution is 2.40. The molecule has 154 valence electrons. The quantitative estimate of drug-likeness (QED) is 0.685. The van der Waals surface area contributed by atoms with E-state index in [2.05, 4.69) is 0 Å². The first-order valence-electron chi connectivity index (χ1n) is 9.63. The molecule has 4 rings (SSSR count). The second-order valence-corrected chi connectivity index (χ2v) is 7.81. The van der Waals surface area contributed by atoms with Gasteiger partial charge in [0.25, 0.3) is 5.91 Å². The molecule has 1 atom stereocenters. The molecule has 0 spiro atoms. The van der Waals surface area contributed by atoms with E-state index in [1.807, 2.05) is 10.6 Å². The molecule has 2 aliphatic heterocycles. The van der Waals surface area contributed by atoms with E-state index >= 15 is 0 Å². The molecule has 1 amide bonds. The van der Waals surface area contributed by atoms with Gasteiger partial charge in [0.1, 0.15) is 17.5 Å². The summed E-state index contributed by atoms with van der Waals surface area (Å²) in [5, 5.41) is 10.2. The molecule has 0 aliphatic carbocycles. The highest BCUT2D eigenvalue weighted by Gasteiger charge is 2.29. The summed E-state index contributed by atoms with van der Waals surface area (Å²) >= 11 is 12.7. The van der Waals surface area contributed by atoms with Gasteiger partial charge in [0, 0.05) is 37.7 Å². The molecule has 2 aliphatic rings. The van der Waals surface area contributed by atoms with Crippen molar-refractivity contribution in [1.82, 2.24) is 9.47 Å². The number of ether oxygens (including phenoxy) is 3. The predicted molar refractivity (Wildman–Crippen MR) is 109 cm³/mol. The Labute approximate surface area is 178 Å². The van der Waals surface area contributed by atoms with Gasteiger partial charge in [-0.15, -0.1) is 0 Å². The predicted octanol–water partition coefficient (Wildman–Crippen LogP) is 3.85. The highest BCUT2D eigenvalue weighted by atomic mass is 35.5. The molecule has 1 aromatic carbocycles. The topological polar surface area (TPSA) is 76.7 Å². The van der Waals surface area contributed by atoms with E-state index in [0.717, 1.165) is 25.9 Å². The van der Waals surface area contributed by atoms with Gasteiger partial charge in [0.05, 0.1) is 22.2 Å². The number of hydrogen-bond acceptors (Lipinski definition) is 5. The van der Waals surface area contributed by atoms with Gasteiger partial charge in [-0.05, 0) is 25.3 Å². The number of nitrogens with zero attached hydrogens (tertiary/aromatic N) is 3. The van der Waals surface area contributed by atoms with E-state index in [0.29, 0.717) is 58.6 Å². The third-order valence-electron chi connectivity index (χ3n) is 5.23. The lowest BCUT2D eigenvalue weighted by atomic mass is 10.2. The van der Waals surface area contributed by atoms with Gasteiger partial charge in [-0.2, -0.15) is 5.26 Å². The summed E-state index contributed by atoms with van der Waals surface area (Å²) in [6.07, 6.45) is 2.90. The highest BCUT2D eigenvalue weighted by molar-refractivity contribution is 6.45. The Bertz CT molecular complexity index is 963. The second kappa shape index (κ2) is 8.80. The molecule has 0 radical (unpaired) electrons. The molecular formula is C20H21Cl2N3O4. The Morgan fingerprint density at radius 1 is 1.28 bits per heavy atom. The molecule has 0 N–H and O–H groups in total. The summed E-state index contributed by atoms with van der Waals surface area (Å²) < 4.78 is 18.7. The Morgan fingerprint density at radius 3 is 2.90 bits per heavy atom. The zero-order valence-electron chi connectivity index (χ0n) is 15.8. The lowest BCUT2D eigenvalue weighted by Crippen LogP contribution is -2.42. The van der Waals surface area contributed by atoms with Gasteiger partial charge >= 0.3 is 0 Å². The Morgan fingerprint density at radius 2 is 2.14 bits per heavy atom. The molecule has 9 heteroatoms. The van der Waals surface area contributed by atoms with Crippen molar-refractivity contribution < 1.29 is 19.0 Å².